The van der Waals surface area contributed by atoms with Gasteiger partial charge in [-0.2, -0.15) is 0 Å². The van der Waals surface area contributed by atoms with Gasteiger partial charge < -0.3 is 15.7 Å². The van der Waals surface area contributed by atoms with Crippen LogP contribution in [-0.4, -0.2) is 36.2 Å². The Morgan fingerprint density at radius 1 is 1.22 bits per heavy atom. The molecule has 1 saturated carbocycles. The second kappa shape index (κ2) is 7.10. The van der Waals surface area contributed by atoms with Crippen molar-refractivity contribution in [3.63, 3.8) is 0 Å². The Kier molecular flexibility index (Phi) is 5.45. The normalized spacial score (nSPS) is 33.1. The third kappa shape index (κ3) is 4.25. The number of piperidine rings is 1. The maximum Gasteiger partial charge on any atom is 0.220 e. The van der Waals surface area contributed by atoms with Crippen molar-refractivity contribution in [2.45, 2.75) is 63.5 Å². The molecule has 1 aliphatic carbocycles. The fraction of sp³-hybridized carbons (Fsp3) is 0.929. The van der Waals surface area contributed by atoms with Gasteiger partial charge in [-0.3, -0.25) is 4.79 Å². The first-order valence-corrected chi connectivity index (χ1v) is 7.44. The molecule has 0 aromatic rings. The molecule has 0 bridgehead atoms. The van der Waals surface area contributed by atoms with Crippen LogP contribution in [0.3, 0.4) is 0 Å². The largest absolute Gasteiger partial charge is 0.391 e. The molecule has 2 aliphatic rings. The Morgan fingerprint density at radius 2 is 2.06 bits per heavy atom. The Hall–Kier alpha value is -0.610. The van der Waals surface area contributed by atoms with Crippen molar-refractivity contribution in [1.29, 1.82) is 0 Å². The van der Waals surface area contributed by atoms with E-state index in [0.717, 1.165) is 45.2 Å². The van der Waals surface area contributed by atoms with Crippen LogP contribution in [-0.2, 0) is 4.79 Å². The minimum Gasteiger partial charge on any atom is -0.391 e. The Morgan fingerprint density at radius 3 is 2.78 bits per heavy atom. The maximum atomic E-state index is 11.9. The minimum atomic E-state index is -0.334. The number of hydrogen-bond acceptors (Lipinski definition) is 3. The van der Waals surface area contributed by atoms with E-state index < -0.39 is 0 Å². The van der Waals surface area contributed by atoms with Gasteiger partial charge in [0, 0.05) is 6.42 Å². The summed E-state index contributed by atoms with van der Waals surface area (Å²) >= 11 is 0. The molecule has 2 rings (SSSR count). The van der Waals surface area contributed by atoms with Crippen molar-refractivity contribution in [2.75, 3.05) is 13.1 Å². The molecule has 18 heavy (non-hydrogen) atoms. The van der Waals surface area contributed by atoms with Crippen LogP contribution in [0.1, 0.15) is 51.4 Å². The summed E-state index contributed by atoms with van der Waals surface area (Å²) in [5.74, 6) is 0.771. The zero-order valence-electron chi connectivity index (χ0n) is 11.2. The second-order valence-corrected chi connectivity index (χ2v) is 5.78. The van der Waals surface area contributed by atoms with Crippen LogP contribution in [0.15, 0.2) is 0 Å². The van der Waals surface area contributed by atoms with Crippen molar-refractivity contribution in [3.8, 4) is 0 Å². The van der Waals surface area contributed by atoms with Crippen LogP contribution in [0.4, 0.5) is 0 Å². The van der Waals surface area contributed by atoms with Gasteiger partial charge in [-0.15, -0.1) is 0 Å². The number of carbonyl (C=O) groups excluding carboxylic acids is 1. The van der Waals surface area contributed by atoms with E-state index in [-0.39, 0.29) is 18.1 Å². The third-order valence-corrected chi connectivity index (χ3v) is 4.25. The highest BCUT2D eigenvalue weighted by molar-refractivity contribution is 5.76. The lowest BCUT2D eigenvalue weighted by molar-refractivity contribution is -0.123. The molecule has 0 spiro atoms. The van der Waals surface area contributed by atoms with Gasteiger partial charge in [0.05, 0.1) is 12.1 Å². The van der Waals surface area contributed by atoms with Gasteiger partial charge in [0.1, 0.15) is 0 Å². The predicted octanol–water partition coefficient (Wildman–Crippen LogP) is 1.19. The van der Waals surface area contributed by atoms with Gasteiger partial charge in [-0.25, -0.2) is 0 Å². The molecule has 2 fully saturated rings. The van der Waals surface area contributed by atoms with Crippen LogP contribution in [0, 0.1) is 5.92 Å². The fourth-order valence-electron chi connectivity index (χ4n) is 3.06. The summed E-state index contributed by atoms with van der Waals surface area (Å²) in [5.41, 5.74) is 0. The van der Waals surface area contributed by atoms with E-state index in [1.165, 1.54) is 12.8 Å². The number of hydrogen-bond donors (Lipinski definition) is 3. The maximum absolute atomic E-state index is 11.9. The quantitative estimate of drug-likeness (QED) is 0.706. The van der Waals surface area contributed by atoms with Crippen molar-refractivity contribution in [3.05, 3.63) is 0 Å². The first kappa shape index (κ1) is 13.8. The summed E-state index contributed by atoms with van der Waals surface area (Å²) in [6.07, 6.45) is 7.68. The SMILES string of the molecule is O=C(CCC1CCCNC1)N[C@@H]1CCCC[C@H]1O. The van der Waals surface area contributed by atoms with Crippen LogP contribution in [0.5, 0.6) is 0 Å². The monoisotopic (exact) mass is 254 g/mol. The summed E-state index contributed by atoms with van der Waals surface area (Å²) in [5, 5.41) is 16.2. The van der Waals surface area contributed by atoms with Crippen LogP contribution >= 0.6 is 0 Å². The summed E-state index contributed by atoms with van der Waals surface area (Å²) in [6.45, 7) is 2.18. The number of aliphatic hydroxyl groups is 1. The summed E-state index contributed by atoms with van der Waals surface area (Å²) in [4.78, 5) is 11.9. The molecular weight excluding hydrogens is 228 g/mol. The predicted molar refractivity (Wildman–Crippen MR) is 71.2 cm³/mol. The highest BCUT2D eigenvalue weighted by atomic mass is 16.3. The van der Waals surface area contributed by atoms with Gasteiger partial charge >= 0.3 is 0 Å². The Bertz CT molecular complexity index is 265. The van der Waals surface area contributed by atoms with Crippen LogP contribution in [0.25, 0.3) is 0 Å². The highest BCUT2D eigenvalue weighted by Crippen LogP contribution is 2.19. The van der Waals surface area contributed by atoms with Gasteiger partial charge in [0.15, 0.2) is 0 Å². The number of nitrogens with one attached hydrogen (secondary N) is 2. The molecule has 4 nitrogen and oxygen atoms in total. The standard InChI is InChI=1S/C14H26N2O2/c17-13-6-2-1-5-12(13)16-14(18)8-7-11-4-3-9-15-10-11/h11-13,15,17H,1-10H2,(H,16,18)/t11?,12-,13-/m1/s1. The molecule has 104 valence electrons. The van der Waals surface area contributed by atoms with E-state index in [2.05, 4.69) is 10.6 Å². The average Bonchev–Trinajstić information content (AvgIpc) is 2.40. The first-order chi connectivity index (χ1) is 8.75. The fourth-order valence-corrected chi connectivity index (χ4v) is 3.06. The lowest BCUT2D eigenvalue weighted by Crippen LogP contribution is -2.45. The molecule has 1 heterocycles. The number of aliphatic hydroxyl groups excluding tert-OH is 1. The molecule has 3 N–H and O–H groups in total. The summed E-state index contributed by atoms with van der Waals surface area (Å²) < 4.78 is 0. The lowest BCUT2D eigenvalue weighted by Gasteiger charge is -2.28. The van der Waals surface area contributed by atoms with Gasteiger partial charge in [0.25, 0.3) is 0 Å². The molecule has 0 radical (unpaired) electrons. The minimum absolute atomic E-state index is 0.00395. The van der Waals surface area contributed by atoms with Gasteiger partial charge in [-0.1, -0.05) is 12.8 Å². The van der Waals surface area contributed by atoms with Crippen LogP contribution in [0.2, 0.25) is 0 Å². The third-order valence-electron chi connectivity index (χ3n) is 4.25. The summed E-state index contributed by atoms with van der Waals surface area (Å²) in [7, 11) is 0. The van der Waals surface area contributed by atoms with Crippen molar-refractivity contribution >= 4 is 5.91 Å². The zero-order chi connectivity index (χ0) is 12.8. The van der Waals surface area contributed by atoms with Crippen LogP contribution < -0.4 is 10.6 Å². The first-order valence-electron chi connectivity index (χ1n) is 7.44. The molecule has 1 amide bonds. The smallest absolute Gasteiger partial charge is 0.220 e. The molecule has 0 aromatic carbocycles. The molecule has 0 aromatic heterocycles. The van der Waals surface area contributed by atoms with E-state index in [1.807, 2.05) is 0 Å². The molecule has 1 saturated heterocycles. The topological polar surface area (TPSA) is 61.4 Å². The Balaban J connectivity index is 1.64. The van der Waals surface area contributed by atoms with E-state index in [1.54, 1.807) is 0 Å². The van der Waals surface area contributed by atoms with Crippen molar-refractivity contribution in [1.82, 2.24) is 10.6 Å². The van der Waals surface area contributed by atoms with Gasteiger partial charge in [0.2, 0.25) is 5.91 Å². The molecule has 1 aliphatic heterocycles. The number of amides is 1. The zero-order valence-corrected chi connectivity index (χ0v) is 11.2. The lowest BCUT2D eigenvalue weighted by atomic mass is 9.92. The van der Waals surface area contributed by atoms with E-state index in [4.69, 9.17) is 0 Å². The molecular formula is C14H26N2O2. The van der Waals surface area contributed by atoms with E-state index in [9.17, 15) is 9.90 Å². The average molecular weight is 254 g/mol. The highest BCUT2D eigenvalue weighted by Gasteiger charge is 2.24. The van der Waals surface area contributed by atoms with E-state index in [0.29, 0.717) is 12.3 Å². The number of rotatable bonds is 4. The molecule has 4 heteroatoms. The van der Waals surface area contributed by atoms with Crippen molar-refractivity contribution < 1.29 is 9.90 Å². The second-order valence-electron chi connectivity index (χ2n) is 5.78. The molecule has 1 unspecified atom stereocenters. The number of carbonyl (C=O) groups is 1. The van der Waals surface area contributed by atoms with Gasteiger partial charge in [-0.05, 0) is 51.1 Å². The van der Waals surface area contributed by atoms with Crippen molar-refractivity contribution in [2.24, 2.45) is 5.92 Å². The van der Waals surface area contributed by atoms with E-state index >= 15 is 0 Å². The Labute approximate surface area is 110 Å². The summed E-state index contributed by atoms with van der Waals surface area (Å²) in [6, 6.07) is -0.00395. The molecule has 3 atom stereocenters.